The summed E-state index contributed by atoms with van der Waals surface area (Å²) in [5.41, 5.74) is 1.50. The molecule has 1 N–H and O–H groups in total. The Labute approximate surface area is 146 Å². The first-order valence-electron chi connectivity index (χ1n) is 8.44. The number of nitrogens with one attached hydrogen (secondary N) is 1. The van der Waals surface area contributed by atoms with Crippen LogP contribution < -0.4 is 5.32 Å². The van der Waals surface area contributed by atoms with Crippen LogP contribution >= 0.6 is 11.8 Å². The molecule has 0 radical (unpaired) electrons. The molecule has 2 aromatic heterocycles. The van der Waals surface area contributed by atoms with Crippen molar-refractivity contribution in [2.45, 2.75) is 56.4 Å². The molecule has 1 aliphatic carbocycles. The molecule has 0 saturated heterocycles. The van der Waals surface area contributed by atoms with Crippen LogP contribution in [0.4, 0.5) is 0 Å². The smallest absolute Gasteiger partial charge is 0.254 e. The first kappa shape index (κ1) is 17.0. The number of rotatable bonds is 5. The minimum atomic E-state index is -0.0271. The van der Waals surface area contributed by atoms with Crippen molar-refractivity contribution < 1.29 is 9.32 Å². The zero-order valence-corrected chi connectivity index (χ0v) is 14.9. The molecule has 0 aromatic carbocycles. The van der Waals surface area contributed by atoms with E-state index in [0.717, 1.165) is 22.9 Å². The molecular formula is C18H23N3O2S. The van der Waals surface area contributed by atoms with Crippen LogP contribution in [0.5, 0.6) is 0 Å². The summed E-state index contributed by atoms with van der Waals surface area (Å²) < 4.78 is 5.08. The molecule has 3 rings (SSSR count). The molecule has 2 atom stereocenters. The lowest BCUT2D eigenvalue weighted by Gasteiger charge is -2.29. The second-order valence-electron chi connectivity index (χ2n) is 6.42. The Hall–Kier alpha value is -1.82. The average molecular weight is 345 g/mol. The molecule has 0 aliphatic heterocycles. The van der Waals surface area contributed by atoms with Gasteiger partial charge in [-0.05, 0) is 37.8 Å². The lowest BCUT2D eigenvalue weighted by Crippen LogP contribution is -2.41. The number of pyridine rings is 1. The minimum absolute atomic E-state index is 0.0271. The highest BCUT2D eigenvalue weighted by molar-refractivity contribution is 7.98. The highest BCUT2D eigenvalue weighted by Crippen LogP contribution is 2.26. The third-order valence-electron chi connectivity index (χ3n) is 4.48. The van der Waals surface area contributed by atoms with Crippen molar-refractivity contribution >= 4 is 17.7 Å². The van der Waals surface area contributed by atoms with E-state index < -0.39 is 0 Å². The lowest BCUT2D eigenvalue weighted by atomic mass is 9.86. The van der Waals surface area contributed by atoms with E-state index in [0.29, 0.717) is 17.2 Å². The van der Waals surface area contributed by atoms with E-state index in [1.807, 2.05) is 25.1 Å². The maximum Gasteiger partial charge on any atom is 0.254 e. The largest absolute Gasteiger partial charge is 0.361 e. The Bertz CT molecular complexity index is 701. The Morgan fingerprint density at radius 2 is 2.25 bits per heavy atom. The fraction of sp³-hybridized carbons (Fsp3) is 0.500. The number of nitrogens with zero attached hydrogens (tertiary/aromatic N) is 2. The van der Waals surface area contributed by atoms with Gasteiger partial charge in [0.2, 0.25) is 0 Å². The Morgan fingerprint density at radius 1 is 1.42 bits per heavy atom. The summed E-state index contributed by atoms with van der Waals surface area (Å²) in [4.78, 5) is 17.1. The summed E-state index contributed by atoms with van der Waals surface area (Å²) in [6, 6.07) is 5.82. The van der Waals surface area contributed by atoms with Gasteiger partial charge in [0.05, 0.1) is 11.3 Å². The number of hydrogen-bond donors (Lipinski definition) is 1. The molecule has 2 aromatic rings. The van der Waals surface area contributed by atoms with Gasteiger partial charge in [0.1, 0.15) is 10.8 Å². The molecule has 1 aliphatic rings. The van der Waals surface area contributed by atoms with E-state index >= 15 is 0 Å². The average Bonchev–Trinajstić information content (AvgIpc) is 3.01. The van der Waals surface area contributed by atoms with Crippen LogP contribution in [-0.4, -0.2) is 22.1 Å². The SMILES string of the molecule is Cc1cc(CSc2ncccc2C(=O)NC2CCCCC2C)no1. The van der Waals surface area contributed by atoms with Crippen molar-refractivity contribution in [3.05, 3.63) is 41.4 Å². The molecule has 0 spiro atoms. The van der Waals surface area contributed by atoms with Crippen molar-refractivity contribution in [3.63, 3.8) is 0 Å². The number of hydrogen-bond acceptors (Lipinski definition) is 5. The van der Waals surface area contributed by atoms with Gasteiger partial charge < -0.3 is 9.84 Å². The summed E-state index contributed by atoms with van der Waals surface area (Å²) in [6.07, 6.45) is 6.42. The van der Waals surface area contributed by atoms with Crippen LogP contribution in [0, 0.1) is 12.8 Å². The van der Waals surface area contributed by atoms with Gasteiger partial charge in [-0.1, -0.05) is 36.7 Å². The van der Waals surface area contributed by atoms with Crippen molar-refractivity contribution in [1.29, 1.82) is 0 Å². The standard InChI is InChI=1S/C18H23N3O2S/c1-12-6-3-4-8-16(12)20-17(22)15-7-5-9-19-18(15)24-11-14-10-13(2)23-21-14/h5,7,9-10,12,16H,3-4,6,8,11H2,1-2H3,(H,20,22). The molecule has 6 heteroatoms. The summed E-state index contributed by atoms with van der Waals surface area (Å²) in [6.45, 7) is 4.09. The minimum Gasteiger partial charge on any atom is -0.361 e. The fourth-order valence-electron chi connectivity index (χ4n) is 3.08. The van der Waals surface area contributed by atoms with Crippen LogP contribution in [-0.2, 0) is 5.75 Å². The molecule has 0 bridgehead atoms. The van der Waals surface area contributed by atoms with Crippen molar-refractivity contribution in [2.75, 3.05) is 0 Å². The molecule has 1 saturated carbocycles. The quantitative estimate of drug-likeness (QED) is 0.830. The highest BCUT2D eigenvalue weighted by Gasteiger charge is 2.24. The van der Waals surface area contributed by atoms with Crippen LogP contribution in [0.2, 0.25) is 0 Å². The number of carbonyl (C=O) groups excluding carboxylic acids is 1. The summed E-state index contributed by atoms with van der Waals surface area (Å²) in [5.74, 6) is 1.93. The van der Waals surface area contributed by atoms with Gasteiger partial charge in [0.15, 0.2) is 0 Å². The zero-order valence-electron chi connectivity index (χ0n) is 14.1. The Kier molecular flexibility index (Phi) is 5.56. The number of carbonyl (C=O) groups is 1. The maximum atomic E-state index is 12.7. The molecule has 5 nitrogen and oxygen atoms in total. The Balaban J connectivity index is 1.67. The second kappa shape index (κ2) is 7.83. The number of aryl methyl sites for hydroxylation is 1. The van der Waals surface area contributed by atoms with Gasteiger partial charge in [-0.3, -0.25) is 4.79 Å². The van der Waals surface area contributed by atoms with Crippen molar-refractivity contribution in [3.8, 4) is 0 Å². The molecular weight excluding hydrogens is 322 g/mol. The third-order valence-corrected chi connectivity index (χ3v) is 5.52. The lowest BCUT2D eigenvalue weighted by molar-refractivity contribution is 0.0906. The summed E-state index contributed by atoms with van der Waals surface area (Å²) in [5, 5.41) is 7.92. The van der Waals surface area contributed by atoms with Crippen molar-refractivity contribution in [1.82, 2.24) is 15.5 Å². The van der Waals surface area contributed by atoms with Crippen LogP contribution in [0.15, 0.2) is 33.9 Å². The number of thioether (sulfide) groups is 1. The van der Waals surface area contributed by atoms with Crippen LogP contribution in [0.3, 0.4) is 0 Å². The second-order valence-corrected chi connectivity index (χ2v) is 7.38. The van der Waals surface area contributed by atoms with Gasteiger partial charge in [-0.25, -0.2) is 4.98 Å². The molecule has 128 valence electrons. The Morgan fingerprint density at radius 3 is 3.00 bits per heavy atom. The van der Waals surface area contributed by atoms with Gasteiger partial charge in [0, 0.05) is 24.1 Å². The first-order valence-corrected chi connectivity index (χ1v) is 9.43. The number of amides is 1. The molecule has 1 fully saturated rings. The normalized spacial score (nSPS) is 20.8. The topological polar surface area (TPSA) is 68.0 Å². The van der Waals surface area contributed by atoms with E-state index in [-0.39, 0.29) is 11.9 Å². The summed E-state index contributed by atoms with van der Waals surface area (Å²) >= 11 is 1.51. The predicted octanol–water partition coefficient (Wildman–Crippen LogP) is 3.98. The fourth-order valence-corrected chi connectivity index (χ4v) is 3.96. The van der Waals surface area contributed by atoms with Gasteiger partial charge in [0.25, 0.3) is 5.91 Å². The van der Waals surface area contributed by atoms with E-state index in [1.165, 1.54) is 31.0 Å². The van der Waals surface area contributed by atoms with Crippen LogP contribution in [0.1, 0.15) is 54.4 Å². The molecule has 1 amide bonds. The van der Waals surface area contributed by atoms with Gasteiger partial charge >= 0.3 is 0 Å². The van der Waals surface area contributed by atoms with E-state index in [2.05, 4.69) is 22.4 Å². The van der Waals surface area contributed by atoms with Gasteiger partial charge in [-0.15, -0.1) is 0 Å². The first-order chi connectivity index (χ1) is 11.6. The third kappa shape index (κ3) is 4.17. The predicted molar refractivity (Wildman–Crippen MR) is 93.9 cm³/mol. The summed E-state index contributed by atoms with van der Waals surface area (Å²) in [7, 11) is 0. The van der Waals surface area contributed by atoms with E-state index in [9.17, 15) is 4.79 Å². The van der Waals surface area contributed by atoms with Crippen LogP contribution in [0.25, 0.3) is 0 Å². The van der Waals surface area contributed by atoms with E-state index in [4.69, 9.17) is 4.52 Å². The zero-order chi connectivity index (χ0) is 16.9. The number of aromatic nitrogens is 2. The molecule has 24 heavy (non-hydrogen) atoms. The highest BCUT2D eigenvalue weighted by atomic mass is 32.2. The monoisotopic (exact) mass is 345 g/mol. The van der Waals surface area contributed by atoms with Gasteiger partial charge in [-0.2, -0.15) is 0 Å². The maximum absolute atomic E-state index is 12.7. The molecule has 2 unspecified atom stereocenters. The van der Waals surface area contributed by atoms with Crippen molar-refractivity contribution in [2.24, 2.45) is 5.92 Å². The molecule has 2 heterocycles. The van der Waals surface area contributed by atoms with E-state index in [1.54, 1.807) is 6.20 Å².